The minimum atomic E-state index is -0.519. The van der Waals surface area contributed by atoms with E-state index in [0.717, 1.165) is 31.5 Å². The van der Waals surface area contributed by atoms with Gasteiger partial charge in [-0.1, -0.05) is 42.5 Å². The summed E-state index contributed by atoms with van der Waals surface area (Å²) in [6.07, 6.45) is 1.76. The first-order valence-electron chi connectivity index (χ1n) is 8.80. The Bertz CT molecular complexity index is 686. The summed E-state index contributed by atoms with van der Waals surface area (Å²) in [5, 5.41) is 19.2. The average molecular weight is 336 g/mol. The minimum absolute atomic E-state index is 0.295. The standard InChI is InChI=1S/C21H24N2O2/c22-14-17-6-8-19(9-7-17)21(24)15-23-12-10-20(11-13-23)25-16-18-4-2-1-3-5-18/h1-9,20-21,24H,10-13,15-16H2. The van der Waals surface area contributed by atoms with E-state index in [9.17, 15) is 5.11 Å². The molecule has 1 fully saturated rings. The van der Waals surface area contributed by atoms with Crippen LogP contribution in [-0.4, -0.2) is 35.7 Å². The molecule has 130 valence electrons. The first kappa shape index (κ1) is 17.6. The van der Waals surface area contributed by atoms with E-state index in [1.807, 2.05) is 30.3 Å². The van der Waals surface area contributed by atoms with Gasteiger partial charge in [-0.3, -0.25) is 0 Å². The molecule has 1 atom stereocenters. The zero-order valence-electron chi connectivity index (χ0n) is 14.3. The fraction of sp³-hybridized carbons (Fsp3) is 0.381. The molecule has 1 aliphatic heterocycles. The van der Waals surface area contributed by atoms with Crippen molar-refractivity contribution < 1.29 is 9.84 Å². The van der Waals surface area contributed by atoms with Crippen molar-refractivity contribution in [1.82, 2.24) is 4.90 Å². The van der Waals surface area contributed by atoms with E-state index >= 15 is 0 Å². The van der Waals surface area contributed by atoms with Gasteiger partial charge in [0.25, 0.3) is 0 Å². The molecule has 2 aromatic rings. The number of aliphatic hydroxyl groups is 1. The molecule has 0 amide bonds. The van der Waals surface area contributed by atoms with Crippen molar-refractivity contribution in [3.05, 3.63) is 71.3 Å². The van der Waals surface area contributed by atoms with Crippen LogP contribution in [0.2, 0.25) is 0 Å². The normalized spacial score (nSPS) is 17.1. The molecular weight excluding hydrogens is 312 g/mol. The smallest absolute Gasteiger partial charge is 0.0991 e. The van der Waals surface area contributed by atoms with Crippen molar-refractivity contribution in [2.24, 2.45) is 0 Å². The number of likely N-dealkylation sites (tertiary alicyclic amines) is 1. The van der Waals surface area contributed by atoms with Gasteiger partial charge in [-0.05, 0) is 36.1 Å². The number of hydrogen-bond donors (Lipinski definition) is 1. The summed E-state index contributed by atoms with van der Waals surface area (Å²) in [6, 6.07) is 19.5. The number of benzene rings is 2. The highest BCUT2D eigenvalue weighted by Crippen LogP contribution is 2.20. The lowest BCUT2D eigenvalue weighted by molar-refractivity contribution is -0.0109. The van der Waals surface area contributed by atoms with Gasteiger partial charge in [0.05, 0.1) is 30.4 Å². The molecule has 0 saturated carbocycles. The first-order valence-corrected chi connectivity index (χ1v) is 8.80. The molecule has 0 spiro atoms. The Morgan fingerprint density at radius 1 is 1.08 bits per heavy atom. The summed E-state index contributed by atoms with van der Waals surface area (Å²) < 4.78 is 6.01. The van der Waals surface area contributed by atoms with E-state index in [1.165, 1.54) is 5.56 Å². The van der Waals surface area contributed by atoms with Crippen molar-refractivity contribution in [3.8, 4) is 6.07 Å². The summed E-state index contributed by atoms with van der Waals surface area (Å²) >= 11 is 0. The van der Waals surface area contributed by atoms with E-state index < -0.39 is 6.10 Å². The molecule has 1 saturated heterocycles. The van der Waals surface area contributed by atoms with Crippen molar-refractivity contribution in [3.63, 3.8) is 0 Å². The van der Waals surface area contributed by atoms with E-state index in [0.29, 0.717) is 24.8 Å². The van der Waals surface area contributed by atoms with Crippen molar-refractivity contribution in [1.29, 1.82) is 5.26 Å². The molecular formula is C21H24N2O2. The number of piperidine rings is 1. The molecule has 1 heterocycles. The number of β-amino-alcohol motifs (C(OH)–C–C–N with tert-alkyl or cyclic N) is 1. The summed E-state index contributed by atoms with van der Waals surface area (Å²) in [7, 11) is 0. The van der Waals surface area contributed by atoms with Gasteiger partial charge in [0, 0.05) is 19.6 Å². The van der Waals surface area contributed by atoms with E-state index in [-0.39, 0.29) is 0 Å². The van der Waals surface area contributed by atoms with E-state index in [2.05, 4.69) is 23.1 Å². The van der Waals surface area contributed by atoms with Crippen molar-refractivity contribution >= 4 is 0 Å². The molecule has 25 heavy (non-hydrogen) atoms. The Morgan fingerprint density at radius 2 is 1.76 bits per heavy atom. The maximum absolute atomic E-state index is 10.4. The molecule has 4 nitrogen and oxygen atoms in total. The second-order valence-electron chi connectivity index (χ2n) is 6.55. The summed E-state index contributed by atoms with van der Waals surface area (Å²) in [6.45, 7) is 3.16. The van der Waals surface area contributed by atoms with Gasteiger partial charge in [-0.15, -0.1) is 0 Å². The molecule has 4 heteroatoms. The molecule has 2 aromatic carbocycles. The fourth-order valence-corrected chi connectivity index (χ4v) is 3.18. The Labute approximate surface area is 149 Å². The second-order valence-corrected chi connectivity index (χ2v) is 6.55. The van der Waals surface area contributed by atoms with Gasteiger partial charge in [-0.2, -0.15) is 5.26 Å². The number of nitrogens with zero attached hydrogens (tertiary/aromatic N) is 2. The monoisotopic (exact) mass is 336 g/mol. The van der Waals surface area contributed by atoms with Gasteiger partial charge >= 0.3 is 0 Å². The number of hydrogen-bond acceptors (Lipinski definition) is 4. The molecule has 1 N–H and O–H groups in total. The third-order valence-corrected chi connectivity index (χ3v) is 4.72. The first-order chi connectivity index (χ1) is 12.2. The van der Waals surface area contributed by atoms with Gasteiger partial charge in [0.15, 0.2) is 0 Å². The lowest BCUT2D eigenvalue weighted by atomic mass is 10.0. The van der Waals surface area contributed by atoms with Crippen LogP contribution in [0.1, 0.15) is 35.6 Å². The zero-order valence-corrected chi connectivity index (χ0v) is 14.3. The molecule has 1 unspecified atom stereocenters. The minimum Gasteiger partial charge on any atom is -0.387 e. The van der Waals surface area contributed by atoms with Crippen LogP contribution >= 0.6 is 0 Å². The zero-order chi connectivity index (χ0) is 17.5. The van der Waals surface area contributed by atoms with Crippen LogP contribution < -0.4 is 0 Å². The number of nitriles is 1. The largest absolute Gasteiger partial charge is 0.387 e. The molecule has 0 bridgehead atoms. The van der Waals surface area contributed by atoms with Crippen LogP contribution in [0.4, 0.5) is 0 Å². The van der Waals surface area contributed by atoms with Crippen LogP contribution in [0.5, 0.6) is 0 Å². The van der Waals surface area contributed by atoms with Crippen molar-refractivity contribution in [2.75, 3.05) is 19.6 Å². The van der Waals surface area contributed by atoms with Gasteiger partial charge in [0.1, 0.15) is 0 Å². The van der Waals surface area contributed by atoms with Crippen LogP contribution in [-0.2, 0) is 11.3 Å². The van der Waals surface area contributed by atoms with Crippen LogP contribution in [0, 0.1) is 11.3 Å². The lowest BCUT2D eigenvalue weighted by Gasteiger charge is -2.33. The highest BCUT2D eigenvalue weighted by atomic mass is 16.5. The Kier molecular flexibility index (Phi) is 6.19. The van der Waals surface area contributed by atoms with Gasteiger partial charge < -0.3 is 14.7 Å². The highest BCUT2D eigenvalue weighted by Gasteiger charge is 2.22. The quantitative estimate of drug-likeness (QED) is 0.879. The SMILES string of the molecule is N#Cc1ccc(C(O)CN2CCC(OCc3ccccc3)CC2)cc1. The van der Waals surface area contributed by atoms with E-state index in [4.69, 9.17) is 10.00 Å². The van der Waals surface area contributed by atoms with Gasteiger partial charge in [-0.25, -0.2) is 0 Å². The molecule has 3 rings (SSSR count). The van der Waals surface area contributed by atoms with Gasteiger partial charge in [0.2, 0.25) is 0 Å². The third-order valence-electron chi connectivity index (χ3n) is 4.72. The topological polar surface area (TPSA) is 56.5 Å². The summed E-state index contributed by atoms with van der Waals surface area (Å²) in [5.41, 5.74) is 2.69. The molecule has 0 radical (unpaired) electrons. The lowest BCUT2D eigenvalue weighted by Crippen LogP contribution is -2.39. The maximum Gasteiger partial charge on any atom is 0.0991 e. The predicted octanol–water partition coefficient (Wildman–Crippen LogP) is 3.27. The summed E-state index contributed by atoms with van der Waals surface area (Å²) in [5.74, 6) is 0. The molecule has 0 aromatic heterocycles. The molecule has 0 aliphatic carbocycles. The third kappa shape index (κ3) is 5.14. The van der Waals surface area contributed by atoms with Crippen LogP contribution in [0.25, 0.3) is 0 Å². The maximum atomic E-state index is 10.4. The van der Waals surface area contributed by atoms with Crippen molar-refractivity contribution in [2.45, 2.75) is 31.7 Å². The Morgan fingerprint density at radius 3 is 2.40 bits per heavy atom. The summed E-state index contributed by atoms with van der Waals surface area (Å²) in [4.78, 5) is 2.28. The molecule has 1 aliphatic rings. The van der Waals surface area contributed by atoms with Crippen LogP contribution in [0.3, 0.4) is 0 Å². The van der Waals surface area contributed by atoms with E-state index in [1.54, 1.807) is 12.1 Å². The Hall–Kier alpha value is -2.19. The predicted molar refractivity (Wildman–Crippen MR) is 96.8 cm³/mol. The average Bonchev–Trinajstić information content (AvgIpc) is 2.68. The number of aliphatic hydroxyl groups excluding tert-OH is 1. The highest BCUT2D eigenvalue weighted by molar-refractivity contribution is 5.32. The fourth-order valence-electron chi connectivity index (χ4n) is 3.18. The second kappa shape index (κ2) is 8.77. The number of rotatable bonds is 6. The number of ether oxygens (including phenoxy) is 1. The van der Waals surface area contributed by atoms with Crippen LogP contribution in [0.15, 0.2) is 54.6 Å². The Balaban J connectivity index is 1.42.